The van der Waals surface area contributed by atoms with E-state index in [4.69, 9.17) is 4.74 Å². The molecule has 0 spiro atoms. The molecule has 0 aromatic heterocycles. The average Bonchev–Trinajstić information content (AvgIpc) is 3.34. The van der Waals surface area contributed by atoms with Gasteiger partial charge in [0.15, 0.2) is 0 Å². The van der Waals surface area contributed by atoms with Crippen LogP contribution in [0.1, 0.15) is 11.1 Å². The summed E-state index contributed by atoms with van der Waals surface area (Å²) in [6.45, 7) is 1.36. The Balaban J connectivity index is 1.41. The molecule has 1 amide bonds. The lowest BCUT2D eigenvalue weighted by Crippen LogP contribution is -2.48. The van der Waals surface area contributed by atoms with Crippen molar-refractivity contribution in [3.05, 3.63) is 29.3 Å². The number of benzene rings is 1. The number of hydrogen-bond acceptors (Lipinski definition) is 5. The van der Waals surface area contributed by atoms with Crippen molar-refractivity contribution in [1.29, 1.82) is 0 Å². The minimum absolute atomic E-state index is 0.0469. The van der Waals surface area contributed by atoms with Crippen LogP contribution in [-0.4, -0.2) is 86.8 Å². The number of likely N-dealkylation sites (tertiary alicyclic amines) is 2. The summed E-state index contributed by atoms with van der Waals surface area (Å²) in [6.07, 6.45) is -22.2. The first kappa shape index (κ1) is 27.6. The van der Waals surface area contributed by atoms with Crippen LogP contribution in [0.5, 0.6) is 0 Å². The molecule has 0 aliphatic carbocycles. The fraction of sp³-hybridized carbons (Fsp3) is 0.682. The first-order valence-electron chi connectivity index (χ1n) is 11.5. The van der Waals surface area contributed by atoms with E-state index in [2.05, 4.69) is 4.74 Å². The van der Waals surface area contributed by atoms with E-state index in [1.807, 2.05) is 0 Å². The summed E-state index contributed by atoms with van der Waals surface area (Å²) in [7, 11) is 0. The lowest BCUT2D eigenvalue weighted by molar-refractivity contribution is -0.308. The largest absolute Gasteiger partial charge is 0.434 e. The van der Waals surface area contributed by atoms with Gasteiger partial charge in [0.2, 0.25) is 0 Å². The van der Waals surface area contributed by atoms with Crippen LogP contribution in [0.4, 0.5) is 50.0 Å². The normalized spacial score (nSPS) is 23.6. The zero-order chi connectivity index (χ0) is 27.2. The Labute approximate surface area is 205 Å². The van der Waals surface area contributed by atoms with Gasteiger partial charge in [0.25, 0.3) is 6.10 Å². The minimum atomic E-state index is -5.81. The number of hydrogen-bond donors (Lipinski definition) is 0. The van der Waals surface area contributed by atoms with Crippen molar-refractivity contribution < 1.29 is 53.8 Å². The van der Waals surface area contributed by atoms with Crippen LogP contribution in [-0.2, 0) is 22.2 Å². The van der Waals surface area contributed by atoms with Crippen molar-refractivity contribution >= 4 is 11.8 Å². The molecule has 0 bridgehead atoms. The maximum atomic E-state index is 14.1. The van der Waals surface area contributed by atoms with Gasteiger partial charge in [-0.1, -0.05) is 12.1 Å². The second-order valence-electron chi connectivity index (χ2n) is 9.37. The SMILES string of the molecule is O=C(OC(C(F)(F)F)C(F)(F)F)N1CC2CN(Cc3cccc(N4CCOCC4)c3C(F)(F)F)CC2C1. The highest BCUT2D eigenvalue weighted by molar-refractivity contribution is 5.68. The Hall–Kier alpha value is -2.42. The number of anilines is 1. The quantitative estimate of drug-likeness (QED) is 0.517. The molecule has 0 saturated carbocycles. The molecule has 3 aliphatic heterocycles. The predicted octanol–water partition coefficient (Wildman–Crippen LogP) is 4.54. The molecule has 37 heavy (non-hydrogen) atoms. The molecule has 6 nitrogen and oxygen atoms in total. The third-order valence-electron chi connectivity index (χ3n) is 6.79. The third-order valence-corrected chi connectivity index (χ3v) is 6.79. The summed E-state index contributed by atoms with van der Waals surface area (Å²) < 4.78 is 127. The van der Waals surface area contributed by atoms with Crippen molar-refractivity contribution in [3.8, 4) is 0 Å². The van der Waals surface area contributed by atoms with Crippen molar-refractivity contribution in [1.82, 2.24) is 9.80 Å². The molecule has 1 aromatic carbocycles. The third kappa shape index (κ3) is 6.19. The molecule has 3 aliphatic rings. The van der Waals surface area contributed by atoms with Crippen LogP contribution < -0.4 is 4.90 Å². The summed E-state index contributed by atoms with van der Waals surface area (Å²) in [6, 6.07) is 4.34. The van der Waals surface area contributed by atoms with Gasteiger partial charge in [-0.15, -0.1) is 0 Å². The van der Waals surface area contributed by atoms with E-state index in [1.54, 1.807) is 15.9 Å². The number of ether oxygens (including phenoxy) is 2. The van der Waals surface area contributed by atoms with E-state index in [0.29, 0.717) is 26.3 Å². The molecular formula is C22H24F9N3O3. The van der Waals surface area contributed by atoms with Gasteiger partial charge in [-0.05, 0) is 23.5 Å². The van der Waals surface area contributed by atoms with E-state index in [1.165, 1.54) is 12.1 Å². The van der Waals surface area contributed by atoms with E-state index >= 15 is 0 Å². The van der Waals surface area contributed by atoms with Crippen molar-refractivity contribution in [3.63, 3.8) is 0 Å². The van der Waals surface area contributed by atoms with Gasteiger partial charge in [0, 0.05) is 51.5 Å². The van der Waals surface area contributed by atoms with Crippen LogP contribution >= 0.6 is 0 Å². The summed E-state index contributed by atoms with van der Waals surface area (Å²) >= 11 is 0. The Bertz CT molecular complexity index is 949. The lowest BCUT2D eigenvalue weighted by Gasteiger charge is -2.32. The van der Waals surface area contributed by atoms with E-state index in [-0.39, 0.29) is 55.8 Å². The molecule has 1 aromatic rings. The van der Waals surface area contributed by atoms with Gasteiger partial charge in [-0.3, -0.25) is 4.90 Å². The number of morpholine rings is 1. The van der Waals surface area contributed by atoms with Gasteiger partial charge in [0.05, 0.1) is 18.8 Å². The first-order valence-corrected chi connectivity index (χ1v) is 11.5. The summed E-state index contributed by atoms with van der Waals surface area (Å²) in [5, 5.41) is 0. The summed E-state index contributed by atoms with van der Waals surface area (Å²) in [4.78, 5) is 16.2. The number of nitrogens with zero attached hydrogens (tertiary/aromatic N) is 3. The second-order valence-corrected chi connectivity index (χ2v) is 9.37. The smallest absolute Gasteiger partial charge is 0.426 e. The maximum Gasteiger partial charge on any atom is 0.434 e. The average molecular weight is 549 g/mol. The Morgan fingerprint density at radius 2 is 1.49 bits per heavy atom. The minimum Gasteiger partial charge on any atom is -0.426 e. The predicted molar refractivity (Wildman–Crippen MR) is 111 cm³/mol. The maximum absolute atomic E-state index is 14.1. The highest BCUT2D eigenvalue weighted by atomic mass is 19.4. The van der Waals surface area contributed by atoms with Crippen molar-refractivity contribution in [2.45, 2.75) is 31.2 Å². The fourth-order valence-electron chi connectivity index (χ4n) is 5.22. The highest BCUT2D eigenvalue weighted by Crippen LogP contribution is 2.41. The van der Waals surface area contributed by atoms with Crippen LogP contribution in [0.3, 0.4) is 0 Å². The number of amides is 1. The number of carbonyl (C=O) groups is 1. The van der Waals surface area contributed by atoms with Gasteiger partial charge in [-0.2, -0.15) is 39.5 Å². The lowest BCUT2D eigenvalue weighted by atomic mass is 10.0. The summed E-state index contributed by atoms with van der Waals surface area (Å²) in [5.74, 6) is -0.640. The Morgan fingerprint density at radius 3 is 2.00 bits per heavy atom. The molecule has 3 fully saturated rings. The van der Waals surface area contributed by atoms with Crippen LogP contribution in [0.2, 0.25) is 0 Å². The molecule has 2 atom stereocenters. The Kier molecular flexibility index (Phi) is 7.49. The number of alkyl halides is 9. The number of halogens is 9. The number of carbonyl (C=O) groups excluding carboxylic acids is 1. The molecule has 0 N–H and O–H groups in total. The topological polar surface area (TPSA) is 45.2 Å². The molecule has 3 heterocycles. The molecule has 3 saturated heterocycles. The number of rotatable bonds is 4. The van der Waals surface area contributed by atoms with E-state index in [0.717, 1.165) is 4.90 Å². The van der Waals surface area contributed by atoms with Gasteiger partial charge in [-0.25, -0.2) is 4.79 Å². The van der Waals surface area contributed by atoms with E-state index in [9.17, 15) is 44.3 Å². The monoisotopic (exact) mass is 549 g/mol. The van der Waals surface area contributed by atoms with Gasteiger partial charge >= 0.3 is 24.6 Å². The standard InChI is InChI=1S/C22H24F9N3O3/c23-20(24,25)17-13(2-1-3-16(17)33-4-6-36-7-5-33)8-32-9-14-11-34(12-15(14)10-32)19(35)37-18(21(26,27)28)22(29,30)31/h1-3,14-15,18H,4-12H2. The second kappa shape index (κ2) is 10.0. The molecule has 2 unspecified atom stereocenters. The van der Waals surface area contributed by atoms with E-state index < -0.39 is 36.3 Å². The number of fused-ring (bicyclic) bond motifs is 1. The zero-order valence-corrected chi connectivity index (χ0v) is 19.3. The molecule has 4 rings (SSSR count). The highest BCUT2D eigenvalue weighted by Gasteiger charge is 2.60. The zero-order valence-electron chi connectivity index (χ0n) is 19.3. The molecule has 0 radical (unpaired) electrons. The van der Waals surface area contributed by atoms with Gasteiger partial charge < -0.3 is 19.3 Å². The molecule has 208 valence electrons. The summed E-state index contributed by atoms with van der Waals surface area (Å²) in [5.41, 5.74) is -0.624. The van der Waals surface area contributed by atoms with Crippen LogP contribution in [0.25, 0.3) is 0 Å². The van der Waals surface area contributed by atoms with Crippen molar-refractivity contribution in [2.24, 2.45) is 11.8 Å². The fourth-order valence-corrected chi connectivity index (χ4v) is 5.22. The van der Waals surface area contributed by atoms with Gasteiger partial charge in [0.1, 0.15) is 0 Å². The van der Waals surface area contributed by atoms with Crippen molar-refractivity contribution in [2.75, 3.05) is 57.4 Å². The first-order chi connectivity index (χ1) is 17.1. The molecular weight excluding hydrogens is 525 g/mol. The molecule has 15 heteroatoms. The Morgan fingerprint density at radius 1 is 0.919 bits per heavy atom. The van der Waals surface area contributed by atoms with Crippen LogP contribution in [0, 0.1) is 11.8 Å². The van der Waals surface area contributed by atoms with Crippen LogP contribution in [0.15, 0.2) is 18.2 Å².